The number of halogens is 1. The van der Waals surface area contributed by atoms with Crippen molar-refractivity contribution in [2.75, 3.05) is 13.2 Å². The summed E-state index contributed by atoms with van der Waals surface area (Å²) in [7, 11) is 0. The van der Waals surface area contributed by atoms with Gasteiger partial charge in [-0.05, 0) is 25.7 Å². The van der Waals surface area contributed by atoms with Crippen LogP contribution in [-0.4, -0.2) is 25.7 Å². The lowest BCUT2D eigenvalue weighted by molar-refractivity contribution is -0.170. The van der Waals surface area contributed by atoms with Gasteiger partial charge in [0.05, 0.1) is 6.61 Å². The quantitative estimate of drug-likeness (QED) is 0.654. The van der Waals surface area contributed by atoms with Crippen molar-refractivity contribution in [3.05, 3.63) is 0 Å². The molecule has 0 N–H and O–H groups in total. The van der Waals surface area contributed by atoms with Crippen LogP contribution < -0.4 is 0 Å². The van der Waals surface area contributed by atoms with Crippen molar-refractivity contribution in [1.29, 1.82) is 0 Å². The maximum absolute atomic E-state index is 12.7. The van der Waals surface area contributed by atoms with Gasteiger partial charge in [-0.2, -0.15) is 0 Å². The molecular formula is C9H17FO2. The molecule has 0 aliphatic carbocycles. The Morgan fingerprint density at radius 1 is 1.58 bits per heavy atom. The van der Waals surface area contributed by atoms with Crippen molar-refractivity contribution in [3.8, 4) is 0 Å². The lowest BCUT2D eigenvalue weighted by atomic mass is 10.2. The smallest absolute Gasteiger partial charge is 0.157 e. The fourth-order valence-corrected chi connectivity index (χ4v) is 1.17. The summed E-state index contributed by atoms with van der Waals surface area (Å²) in [6.07, 6.45) is 2.68. The van der Waals surface area contributed by atoms with Crippen molar-refractivity contribution < 1.29 is 13.9 Å². The Kier molecular flexibility index (Phi) is 4.54. The van der Waals surface area contributed by atoms with E-state index in [1.807, 2.05) is 6.92 Å². The SMILES string of the molecule is CCC(F)COC1CCCCO1. The summed E-state index contributed by atoms with van der Waals surface area (Å²) in [6, 6.07) is 0. The molecule has 1 heterocycles. The number of alkyl halides is 1. The average molecular weight is 176 g/mol. The molecule has 0 saturated carbocycles. The minimum atomic E-state index is -0.837. The molecule has 2 unspecified atom stereocenters. The molecule has 0 radical (unpaired) electrons. The highest BCUT2D eigenvalue weighted by atomic mass is 19.1. The zero-order valence-corrected chi connectivity index (χ0v) is 7.59. The van der Waals surface area contributed by atoms with E-state index in [1.54, 1.807) is 0 Å². The fraction of sp³-hybridized carbons (Fsp3) is 1.00. The molecule has 72 valence electrons. The van der Waals surface area contributed by atoms with Gasteiger partial charge >= 0.3 is 0 Å². The van der Waals surface area contributed by atoms with Crippen LogP contribution >= 0.6 is 0 Å². The van der Waals surface area contributed by atoms with Gasteiger partial charge in [-0.25, -0.2) is 4.39 Å². The van der Waals surface area contributed by atoms with Crippen LogP contribution in [0.25, 0.3) is 0 Å². The van der Waals surface area contributed by atoms with E-state index in [2.05, 4.69) is 0 Å². The molecule has 3 heteroatoms. The maximum atomic E-state index is 12.7. The summed E-state index contributed by atoms with van der Waals surface area (Å²) < 4.78 is 23.2. The summed E-state index contributed by atoms with van der Waals surface area (Å²) in [5.74, 6) is 0. The van der Waals surface area contributed by atoms with E-state index in [9.17, 15) is 4.39 Å². The van der Waals surface area contributed by atoms with E-state index in [-0.39, 0.29) is 12.9 Å². The number of hydrogen-bond acceptors (Lipinski definition) is 2. The Hall–Kier alpha value is -0.150. The molecule has 1 aliphatic rings. The molecule has 0 spiro atoms. The third-order valence-corrected chi connectivity index (χ3v) is 2.04. The van der Waals surface area contributed by atoms with Crippen LogP contribution in [0.1, 0.15) is 32.6 Å². The van der Waals surface area contributed by atoms with Crippen LogP contribution in [-0.2, 0) is 9.47 Å². The van der Waals surface area contributed by atoms with Crippen molar-refractivity contribution in [2.24, 2.45) is 0 Å². The molecule has 2 atom stereocenters. The summed E-state index contributed by atoms with van der Waals surface area (Å²) >= 11 is 0. The molecular weight excluding hydrogens is 159 g/mol. The normalized spacial score (nSPS) is 27.0. The fourth-order valence-electron chi connectivity index (χ4n) is 1.17. The standard InChI is InChI=1S/C9H17FO2/c1-2-8(10)7-12-9-5-3-4-6-11-9/h8-9H,2-7H2,1H3. The van der Waals surface area contributed by atoms with Gasteiger partial charge < -0.3 is 9.47 Å². The predicted octanol–water partition coefficient (Wildman–Crippen LogP) is 2.28. The summed E-state index contributed by atoms with van der Waals surface area (Å²) in [6.45, 7) is 2.75. The molecule has 0 aromatic rings. The van der Waals surface area contributed by atoms with Crippen molar-refractivity contribution in [2.45, 2.75) is 45.1 Å². The monoisotopic (exact) mass is 176 g/mol. The second-order valence-electron chi connectivity index (χ2n) is 3.13. The Balaban J connectivity index is 2.05. The van der Waals surface area contributed by atoms with E-state index in [0.717, 1.165) is 25.9 Å². The molecule has 1 aliphatic heterocycles. The lowest BCUT2D eigenvalue weighted by Gasteiger charge is -2.23. The van der Waals surface area contributed by atoms with Gasteiger partial charge in [0.15, 0.2) is 6.29 Å². The molecule has 1 rings (SSSR count). The molecule has 12 heavy (non-hydrogen) atoms. The average Bonchev–Trinajstić information content (AvgIpc) is 2.16. The van der Waals surface area contributed by atoms with Gasteiger partial charge in [0, 0.05) is 6.61 Å². The second kappa shape index (κ2) is 5.49. The van der Waals surface area contributed by atoms with Crippen LogP contribution in [0.4, 0.5) is 4.39 Å². The van der Waals surface area contributed by atoms with Gasteiger partial charge in [-0.1, -0.05) is 6.92 Å². The van der Waals surface area contributed by atoms with Gasteiger partial charge in [0.1, 0.15) is 6.17 Å². The molecule has 1 fully saturated rings. The van der Waals surface area contributed by atoms with E-state index < -0.39 is 6.17 Å². The molecule has 0 aromatic heterocycles. The second-order valence-corrected chi connectivity index (χ2v) is 3.13. The van der Waals surface area contributed by atoms with Crippen LogP contribution in [0.3, 0.4) is 0 Å². The predicted molar refractivity (Wildman–Crippen MR) is 44.7 cm³/mol. The molecule has 1 saturated heterocycles. The molecule has 0 aromatic carbocycles. The first-order valence-corrected chi connectivity index (χ1v) is 4.70. The highest BCUT2D eigenvalue weighted by molar-refractivity contribution is 4.56. The highest BCUT2D eigenvalue weighted by Crippen LogP contribution is 2.14. The van der Waals surface area contributed by atoms with Gasteiger partial charge in [0.25, 0.3) is 0 Å². The van der Waals surface area contributed by atoms with E-state index in [0.29, 0.717) is 6.42 Å². The zero-order valence-electron chi connectivity index (χ0n) is 7.59. The number of rotatable bonds is 4. The van der Waals surface area contributed by atoms with E-state index >= 15 is 0 Å². The van der Waals surface area contributed by atoms with Crippen LogP contribution in [0, 0.1) is 0 Å². The van der Waals surface area contributed by atoms with Crippen LogP contribution in [0.2, 0.25) is 0 Å². The molecule has 0 amide bonds. The zero-order chi connectivity index (χ0) is 8.81. The Bertz CT molecular complexity index is 113. The first-order chi connectivity index (χ1) is 5.83. The first-order valence-electron chi connectivity index (χ1n) is 4.70. The maximum Gasteiger partial charge on any atom is 0.157 e. The van der Waals surface area contributed by atoms with Gasteiger partial charge in [-0.15, -0.1) is 0 Å². The lowest BCUT2D eigenvalue weighted by Crippen LogP contribution is -2.25. The van der Waals surface area contributed by atoms with E-state index in [1.165, 1.54) is 0 Å². The van der Waals surface area contributed by atoms with Crippen molar-refractivity contribution in [1.82, 2.24) is 0 Å². The Labute approximate surface area is 73.0 Å². The van der Waals surface area contributed by atoms with Gasteiger partial charge in [-0.3, -0.25) is 0 Å². The number of hydrogen-bond donors (Lipinski definition) is 0. The summed E-state index contributed by atoms with van der Waals surface area (Å²) in [5.41, 5.74) is 0. The Morgan fingerprint density at radius 3 is 3.00 bits per heavy atom. The summed E-state index contributed by atoms with van der Waals surface area (Å²) in [4.78, 5) is 0. The minimum absolute atomic E-state index is 0.149. The third kappa shape index (κ3) is 3.50. The van der Waals surface area contributed by atoms with Crippen LogP contribution in [0.5, 0.6) is 0 Å². The largest absolute Gasteiger partial charge is 0.353 e. The molecule has 0 bridgehead atoms. The van der Waals surface area contributed by atoms with Gasteiger partial charge in [0.2, 0.25) is 0 Å². The molecule has 2 nitrogen and oxygen atoms in total. The summed E-state index contributed by atoms with van der Waals surface area (Å²) in [5, 5.41) is 0. The van der Waals surface area contributed by atoms with Crippen molar-refractivity contribution >= 4 is 0 Å². The van der Waals surface area contributed by atoms with E-state index in [4.69, 9.17) is 9.47 Å². The number of ether oxygens (including phenoxy) is 2. The Morgan fingerprint density at radius 2 is 2.42 bits per heavy atom. The van der Waals surface area contributed by atoms with Crippen molar-refractivity contribution in [3.63, 3.8) is 0 Å². The highest BCUT2D eigenvalue weighted by Gasteiger charge is 2.15. The topological polar surface area (TPSA) is 18.5 Å². The third-order valence-electron chi connectivity index (χ3n) is 2.04. The first kappa shape index (κ1) is 9.93. The van der Waals surface area contributed by atoms with Crippen LogP contribution in [0.15, 0.2) is 0 Å². The minimum Gasteiger partial charge on any atom is -0.353 e.